The number of Topliss-reactive ketones (excluding diaryl/α,β-unsaturated/α-hetero) is 1. The molecule has 17 heavy (non-hydrogen) atoms. The topological polar surface area (TPSA) is 38.3 Å². The molecule has 0 amide bonds. The number of carbonyl (C=O) groups excluding carboxylic acids is 1. The Balaban J connectivity index is 2.32. The molecule has 0 atom stereocenters. The zero-order valence-corrected chi connectivity index (χ0v) is 11.8. The zero-order chi connectivity index (χ0) is 12.7. The molecular weight excluding hydrogens is 282 g/mol. The van der Waals surface area contributed by atoms with Crippen LogP contribution in [0.25, 0.3) is 0 Å². The van der Waals surface area contributed by atoms with Crippen LogP contribution in [0.1, 0.15) is 25.3 Å². The Kier molecular flexibility index (Phi) is 6.22. The van der Waals surface area contributed by atoms with Crippen molar-refractivity contribution in [3.8, 4) is 5.75 Å². The maximum atomic E-state index is 10.7. The zero-order valence-electron chi connectivity index (χ0n) is 10.3. The van der Waals surface area contributed by atoms with Gasteiger partial charge in [0.2, 0.25) is 0 Å². The molecule has 0 aliphatic rings. The van der Waals surface area contributed by atoms with E-state index in [1.807, 2.05) is 18.2 Å². The highest BCUT2D eigenvalue weighted by molar-refractivity contribution is 9.10. The van der Waals surface area contributed by atoms with Gasteiger partial charge in [0.05, 0.1) is 11.6 Å². The number of carbonyl (C=O) groups is 1. The largest absolute Gasteiger partial charge is 0.496 e. The molecular formula is C13H18BrNO2. The third kappa shape index (κ3) is 5.33. The van der Waals surface area contributed by atoms with Crippen LogP contribution in [-0.4, -0.2) is 19.4 Å². The molecule has 1 aromatic rings. The number of methoxy groups -OCH3 is 1. The van der Waals surface area contributed by atoms with E-state index in [1.54, 1.807) is 14.0 Å². The second kappa shape index (κ2) is 7.45. The first-order chi connectivity index (χ1) is 8.13. The summed E-state index contributed by atoms with van der Waals surface area (Å²) in [6, 6.07) is 6.01. The minimum absolute atomic E-state index is 0.249. The van der Waals surface area contributed by atoms with E-state index < -0.39 is 0 Å². The highest BCUT2D eigenvalue weighted by atomic mass is 79.9. The van der Waals surface area contributed by atoms with Crippen LogP contribution < -0.4 is 10.1 Å². The van der Waals surface area contributed by atoms with Gasteiger partial charge in [0.25, 0.3) is 0 Å². The van der Waals surface area contributed by atoms with Crippen LogP contribution >= 0.6 is 15.9 Å². The van der Waals surface area contributed by atoms with Crippen LogP contribution in [0, 0.1) is 0 Å². The fourth-order valence-electron chi connectivity index (χ4n) is 1.51. The van der Waals surface area contributed by atoms with Crippen LogP contribution in [0.5, 0.6) is 5.75 Å². The number of hydrogen-bond acceptors (Lipinski definition) is 3. The van der Waals surface area contributed by atoms with Gasteiger partial charge in [0.1, 0.15) is 11.5 Å². The van der Waals surface area contributed by atoms with Gasteiger partial charge in [-0.2, -0.15) is 0 Å². The number of hydrogen-bond donors (Lipinski definition) is 1. The summed E-state index contributed by atoms with van der Waals surface area (Å²) in [5.41, 5.74) is 1.19. The molecule has 0 saturated heterocycles. The van der Waals surface area contributed by atoms with Crippen LogP contribution in [0.15, 0.2) is 22.7 Å². The van der Waals surface area contributed by atoms with Gasteiger partial charge >= 0.3 is 0 Å². The predicted molar refractivity (Wildman–Crippen MR) is 72.3 cm³/mol. The molecule has 1 N–H and O–H groups in total. The van der Waals surface area contributed by atoms with Crippen molar-refractivity contribution in [2.24, 2.45) is 0 Å². The van der Waals surface area contributed by atoms with Crippen LogP contribution in [0.4, 0.5) is 0 Å². The fraction of sp³-hybridized carbons (Fsp3) is 0.462. The second-order valence-corrected chi connectivity index (χ2v) is 4.81. The van der Waals surface area contributed by atoms with E-state index in [0.717, 1.165) is 29.7 Å². The third-order valence-corrected chi connectivity index (χ3v) is 3.05. The molecule has 1 rings (SSSR count). The number of rotatable bonds is 7. The first-order valence-corrected chi connectivity index (χ1v) is 6.45. The standard InChI is InChI=1S/C13H18BrNO2/c1-10(16)4-3-7-15-9-11-5-6-13(17-2)12(14)8-11/h5-6,8,15H,3-4,7,9H2,1-2H3. The Bertz CT molecular complexity index is 380. The molecule has 0 saturated carbocycles. The quantitative estimate of drug-likeness (QED) is 0.787. The van der Waals surface area contributed by atoms with E-state index in [4.69, 9.17) is 4.74 Å². The maximum absolute atomic E-state index is 10.7. The second-order valence-electron chi connectivity index (χ2n) is 3.95. The molecule has 94 valence electrons. The Hall–Kier alpha value is -0.870. The van der Waals surface area contributed by atoms with E-state index in [9.17, 15) is 4.79 Å². The van der Waals surface area contributed by atoms with Crippen molar-refractivity contribution in [1.29, 1.82) is 0 Å². The Morgan fingerprint density at radius 2 is 2.24 bits per heavy atom. The molecule has 4 heteroatoms. The number of ketones is 1. The summed E-state index contributed by atoms with van der Waals surface area (Å²) >= 11 is 3.45. The van der Waals surface area contributed by atoms with Gasteiger partial charge < -0.3 is 14.8 Å². The van der Waals surface area contributed by atoms with Crippen LogP contribution in [-0.2, 0) is 11.3 Å². The SMILES string of the molecule is COc1ccc(CNCCCC(C)=O)cc1Br. The molecule has 0 radical (unpaired) electrons. The van der Waals surface area contributed by atoms with Gasteiger partial charge in [-0.3, -0.25) is 0 Å². The number of benzene rings is 1. The van der Waals surface area contributed by atoms with E-state index >= 15 is 0 Å². The fourth-order valence-corrected chi connectivity index (χ4v) is 2.10. The summed E-state index contributed by atoms with van der Waals surface area (Å²) in [6.45, 7) is 3.30. The lowest BCUT2D eigenvalue weighted by atomic mass is 10.2. The van der Waals surface area contributed by atoms with Gasteiger partial charge in [-0.25, -0.2) is 0 Å². The normalized spacial score (nSPS) is 10.3. The lowest BCUT2D eigenvalue weighted by molar-refractivity contribution is -0.117. The highest BCUT2D eigenvalue weighted by Gasteiger charge is 2.01. The molecule has 0 aromatic heterocycles. The van der Waals surface area contributed by atoms with E-state index in [0.29, 0.717) is 6.42 Å². The molecule has 1 aromatic carbocycles. The van der Waals surface area contributed by atoms with Gasteiger partial charge in [0.15, 0.2) is 0 Å². The van der Waals surface area contributed by atoms with Crippen molar-refractivity contribution in [1.82, 2.24) is 5.32 Å². The molecule has 0 bridgehead atoms. The van der Waals surface area contributed by atoms with Gasteiger partial charge in [0, 0.05) is 13.0 Å². The first kappa shape index (κ1) is 14.2. The number of nitrogens with one attached hydrogen (secondary N) is 1. The van der Waals surface area contributed by atoms with Gasteiger partial charge in [-0.05, 0) is 53.5 Å². The molecule has 3 nitrogen and oxygen atoms in total. The Labute approximate surface area is 111 Å². The summed E-state index contributed by atoms with van der Waals surface area (Å²) in [7, 11) is 1.65. The molecule has 0 aliphatic carbocycles. The average molecular weight is 300 g/mol. The Morgan fingerprint density at radius 1 is 1.47 bits per heavy atom. The first-order valence-electron chi connectivity index (χ1n) is 5.66. The monoisotopic (exact) mass is 299 g/mol. The van der Waals surface area contributed by atoms with Gasteiger partial charge in [-0.1, -0.05) is 6.07 Å². The molecule has 0 fully saturated rings. The van der Waals surface area contributed by atoms with Crippen molar-refractivity contribution >= 4 is 21.7 Å². The van der Waals surface area contributed by atoms with Gasteiger partial charge in [-0.15, -0.1) is 0 Å². The van der Waals surface area contributed by atoms with Crippen molar-refractivity contribution in [2.75, 3.05) is 13.7 Å². The van der Waals surface area contributed by atoms with E-state index in [2.05, 4.69) is 21.2 Å². The Morgan fingerprint density at radius 3 is 2.82 bits per heavy atom. The van der Waals surface area contributed by atoms with Crippen LogP contribution in [0.2, 0.25) is 0 Å². The minimum Gasteiger partial charge on any atom is -0.496 e. The van der Waals surface area contributed by atoms with E-state index in [1.165, 1.54) is 5.56 Å². The summed E-state index contributed by atoms with van der Waals surface area (Å²) in [5.74, 6) is 1.09. The summed E-state index contributed by atoms with van der Waals surface area (Å²) < 4.78 is 6.13. The predicted octanol–water partition coefficient (Wildman–Crippen LogP) is 2.92. The smallest absolute Gasteiger partial charge is 0.133 e. The average Bonchev–Trinajstić information content (AvgIpc) is 2.28. The highest BCUT2D eigenvalue weighted by Crippen LogP contribution is 2.25. The number of halogens is 1. The maximum Gasteiger partial charge on any atom is 0.133 e. The van der Waals surface area contributed by atoms with Crippen molar-refractivity contribution < 1.29 is 9.53 Å². The molecule has 0 heterocycles. The molecule has 0 unspecified atom stereocenters. The van der Waals surface area contributed by atoms with E-state index in [-0.39, 0.29) is 5.78 Å². The van der Waals surface area contributed by atoms with Crippen molar-refractivity contribution in [3.63, 3.8) is 0 Å². The lowest BCUT2D eigenvalue weighted by Crippen LogP contribution is -2.15. The van der Waals surface area contributed by atoms with Crippen molar-refractivity contribution in [3.05, 3.63) is 28.2 Å². The summed E-state index contributed by atoms with van der Waals surface area (Å²) in [5, 5.41) is 3.31. The lowest BCUT2D eigenvalue weighted by Gasteiger charge is -2.07. The molecule has 0 spiro atoms. The number of ether oxygens (including phenoxy) is 1. The minimum atomic E-state index is 0.249. The summed E-state index contributed by atoms with van der Waals surface area (Å²) in [6.07, 6.45) is 1.55. The third-order valence-electron chi connectivity index (χ3n) is 2.43. The summed E-state index contributed by atoms with van der Waals surface area (Å²) in [4.78, 5) is 10.7. The molecule has 0 aliphatic heterocycles. The van der Waals surface area contributed by atoms with Crippen molar-refractivity contribution in [2.45, 2.75) is 26.3 Å². The van der Waals surface area contributed by atoms with Crippen LogP contribution in [0.3, 0.4) is 0 Å².